The molecule has 5 heteroatoms. The number of nitrogens with one attached hydrogen (secondary N) is 1. The molecule has 0 fully saturated rings. The molecular formula is C18H21N5. The molecule has 0 aliphatic carbocycles. The molecule has 0 spiro atoms. The van der Waals surface area contributed by atoms with Gasteiger partial charge in [0.25, 0.3) is 0 Å². The lowest BCUT2D eigenvalue weighted by atomic mass is 10.1. The highest BCUT2D eigenvalue weighted by Crippen LogP contribution is 2.13. The van der Waals surface area contributed by atoms with Crippen molar-refractivity contribution in [2.24, 2.45) is 0 Å². The minimum absolute atomic E-state index is 0.734. The van der Waals surface area contributed by atoms with Crippen LogP contribution in [0.2, 0.25) is 0 Å². The average molecular weight is 307 g/mol. The predicted molar refractivity (Wildman–Crippen MR) is 91.8 cm³/mol. The summed E-state index contributed by atoms with van der Waals surface area (Å²) in [5.41, 5.74) is 4.62. The van der Waals surface area contributed by atoms with Crippen LogP contribution in [0, 0.1) is 13.8 Å². The summed E-state index contributed by atoms with van der Waals surface area (Å²) in [4.78, 5) is 8.60. The molecule has 0 saturated carbocycles. The van der Waals surface area contributed by atoms with Gasteiger partial charge < -0.3 is 5.32 Å². The van der Waals surface area contributed by atoms with Crippen LogP contribution in [-0.2, 0) is 13.0 Å². The SMILES string of the molecule is CCc1ccc(CNc2cc(-n3nc(C)cc3C)ncn2)cc1. The quantitative estimate of drug-likeness (QED) is 0.784. The van der Waals surface area contributed by atoms with Crippen LogP contribution in [-0.4, -0.2) is 19.7 Å². The first-order valence-electron chi connectivity index (χ1n) is 7.83. The Morgan fingerprint density at radius 2 is 1.74 bits per heavy atom. The third-order valence-electron chi connectivity index (χ3n) is 3.78. The summed E-state index contributed by atoms with van der Waals surface area (Å²) in [6.07, 6.45) is 2.62. The van der Waals surface area contributed by atoms with Gasteiger partial charge in [-0.05, 0) is 37.5 Å². The van der Waals surface area contributed by atoms with Crippen molar-refractivity contribution in [2.75, 3.05) is 5.32 Å². The van der Waals surface area contributed by atoms with Crippen LogP contribution >= 0.6 is 0 Å². The highest BCUT2D eigenvalue weighted by atomic mass is 15.3. The number of aryl methyl sites for hydroxylation is 3. The molecule has 3 aromatic rings. The van der Waals surface area contributed by atoms with Crippen molar-refractivity contribution >= 4 is 5.82 Å². The van der Waals surface area contributed by atoms with Crippen molar-refractivity contribution in [3.8, 4) is 5.82 Å². The van der Waals surface area contributed by atoms with E-state index in [2.05, 4.69) is 51.6 Å². The number of hydrogen-bond donors (Lipinski definition) is 1. The van der Waals surface area contributed by atoms with Gasteiger partial charge in [0.05, 0.1) is 5.69 Å². The molecule has 2 aromatic heterocycles. The molecule has 0 radical (unpaired) electrons. The number of anilines is 1. The Morgan fingerprint density at radius 1 is 1.00 bits per heavy atom. The monoisotopic (exact) mass is 307 g/mol. The molecule has 3 rings (SSSR count). The summed E-state index contributed by atoms with van der Waals surface area (Å²) in [5, 5.41) is 7.80. The lowest BCUT2D eigenvalue weighted by Crippen LogP contribution is -2.06. The van der Waals surface area contributed by atoms with Gasteiger partial charge in [-0.15, -0.1) is 0 Å². The maximum Gasteiger partial charge on any atom is 0.159 e. The van der Waals surface area contributed by atoms with Crippen LogP contribution < -0.4 is 5.32 Å². The van der Waals surface area contributed by atoms with Gasteiger partial charge in [-0.25, -0.2) is 14.6 Å². The van der Waals surface area contributed by atoms with Crippen LogP contribution in [0.15, 0.2) is 42.7 Å². The van der Waals surface area contributed by atoms with E-state index in [4.69, 9.17) is 0 Å². The van der Waals surface area contributed by atoms with Gasteiger partial charge >= 0.3 is 0 Å². The van der Waals surface area contributed by atoms with Gasteiger partial charge in [-0.3, -0.25) is 0 Å². The van der Waals surface area contributed by atoms with Gasteiger partial charge in [0.1, 0.15) is 12.1 Å². The van der Waals surface area contributed by atoms with Gasteiger partial charge in [0, 0.05) is 18.3 Å². The normalized spacial score (nSPS) is 10.7. The standard InChI is InChI=1S/C18H21N5/c1-4-15-5-7-16(8-6-15)11-19-17-10-18(21-12-20-17)23-14(3)9-13(2)22-23/h5-10,12H,4,11H2,1-3H3,(H,19,20,21). The van der Waals surface area contributed by atoms with E-state index in [1.54, 1.807) is 6.33 Å². The summed E-state index contributed by atoms with van der Waals surface area (Å²) in [5.74, 6) is 1.57. The molecule has 5 nitrogen and oxygen atoms in total. The van der Waals surface area contributed by atoms with Crippen molar-refractivity contribution in [1.29, 1.82) is 0 Å². The van der Waals surface area contributed by atoms with Crippen molar-refractivity contribution in [2.45, 2.75) is 33.7 Å². The fourth-order valence-corrected chi connectivity index (χ4v) is 2.51. The van der Waals surface area contributed by atoms with Crippen molar-refractivity contribution in [1.82, 2.24) is 19.7 Å². The second-order valence-electron chi connectivity index (χ2n) is 5.62. The molecule has 0 atom stereocenters. The second-order valence-corrected chi connectivity index (χ2v) is 5.62. The Kier molecular flexibility index (Phi) is 4.37. The molecule has 118 valence electrons. The molecule has 1 N–H and O–H groups in total. The zero-order valence-corrected chi connectivity index (χ0v) is 13.7. The third-order valence-corrected chi connectivity index (χ3v) is 3.78. The fraction of sp³-hybridized carbons (Fsp3) is 0.278. The smallest absolute Gasteiger partial charge is 0.159 e. The third kappa shape index (κ3) is 3.56. The van der Waals surface area contributed by atoms with Crippen molar-refractivity contribution in [3.05, 3.63) is 65.2 Å². The minimum atomic E-state index is 0.734. The van der Waals surface area contributed by atoms with Crippen LogP contribution in [0.4, 0.5) is 5.82 Å². The first kappa shape index (κ1) is 15.2. The Bertz CT molecular complexity index is 789. The van der Waals surface area contributed by atoms with E-state index < -0.39 is 0 Å². The Hall–Kier alpha value is -2.69. The Labute approximate surface area is 136 Å². The second kappa shape index (κ2) is 6.60. The minimum Gasteiger partial charge on any atom is -0.366 e. The summed E-state index contributed by atoms with van der Waals surface area (Å²) in [6, 6.07) is 12.6. The lowest BCUT2D eigenvalue weighted by molar-refractivity contribution is 0.800. The number of aromatic nitrogens is 4. The van der Waals surface area contributed by atoms with Crippen molar-refractivity contribution < 1.29 is 0 Å². The van der Waals surface area contributed by atoms with Gasteiger partial charge in [-0.1, -0.05) is 31.2 Å². The number of nitrogens with zero attached hydrogens (tertiary/aromatic N) is 4. The summed E-state index contributed by atoms with van der Waals surface area (Å²) in [6.45, 7) is 6.89. The van der Waals surface area contributed by atoms with Crippen LogP contribution in [0.5, 0.6) is 0 Å². The van der Waals surface area contributed by atoms with E-state index in [0.29, 0.717) is 0 Å². The van der Waals surface area contributed by atoms with Gasteiger partial charge in [0.2, 0.25) is 0 Å². The zero-order chi connectivity index (χ0) is 16.2. The van der Waals surface area contributed by atoms with Crippen LogP contribution in [0.25, 0.3) is 5.82 Å². The highest BCUT2D eigenvalue weighted by Gasteiger charge is 2.06. The van der Waals surface area contributed by atoms with E-state index in [1.165, 1.54) is 11.1 Å². The molecule has 2 heterocycles. The number of benzene rings is 1. The van der Waals surface area contributed by atoms with Crippen LogP contribution in [0.3, 0.4) is 0 Å². The number of rotatable bonds is 5. The number of hydrogen-bond acceptors (Lipinski definition) is 4. The average Bonchev–Trinajstić information content (AvgIpc) is 2.92. The molecular weight excluding hydrogens is 286 g/mol. The predicted octanol–water partition coefficient (Wildman–Crippen LogP) is 3.45. The summed E-state index contributed by atoms with van der Waals surface area (Å²) < 4.78 is 1.83. The highest BCUT2D eigenvalue weighted by molar-refractivity contribution is 5.41. The Balaban J connectivity index is 1.73. The van der Waals surface area contributed by atoms with Gasteiger partial charge in [0.15, 0.2) is 5.82 Å². The molecule has 1 aromatic carbocycles. The molecule has 0 aliphatic heterocycles. The summed E-state index contributed by atoms with van der Waals surface area (Å²) in [7, 11) is 0. The van der Waals surface area contributed by atoms with E-state index in [-0.39, 0.29) is 0 Å². The zero-order valence-electron chi connectivity index (χ0n) is 13.7. The van der Waals surface area contributed by atoms with E-state index in [9.17, 15) is 0 Å². The topological polar surface area (TPSA) is 55.6 Å². The molecule has 23 heavy (non-hydrogen) atoms. The van der Waals surface area contributed by atoms with Crippen LogP contribution in [0.1, 0.15) is 29.4 Å². The maximum absolute atomic E-state index is 4.46. The van der Waals surface area contributed by atoms with E-state index in [1.807, 2.05) is 30.7 Å². The summed E-state index contributed by atoms with van der Waals surface area (Å²) >= 11 is 0. The molecule has 0 aliphatic rings. The van der Waals surface area contributed by atoms with E-state index >= 15 is 0 Å². The molecule has 0 unspecified atom stereocenters. The fourth-order valence-electron chi connectivity index (χ4n) is 2.51. The lowest BCUT2D eigenvalue weighted by Gasteiger charge is -2.08. The maximum atomic E-state index is 4.46. The molecule has 0 amide bonds. The molecule has 0 saturated heterocycles. The largest absolute Gasteiger partial charge is 0.366 e. The van der Waals surface area contributed by atoms with Gasteiger partial charge in [-0.2, -0.15) is 5.10 Å². The Morgan fingerprint density at radius 3 is 2.39 bits per heavy atom. The first-order chi connectivity index (χ1) is 11.2. The van der Waals surface area contributed by atoms with E-state index in [0.717, 1.165) is 36.0 Å². The van der Waals surface area contributed by atoms with Crippen molar-refractivity contribution in [3.63, 3.8) is 0 Å². The first-order valence-corrected chi connectivity index (χ1v) is 7.83. The molecule has 0 bridgehead atoms.